The third-order valence-electron chi connectivity index (χ3n) is 3.52. The van der Waals surface area contributed by atoms with Gasteiger partial charge < -0.3 is 10.5 Å². The lowest BCUT2D eigenvalue weighted by Crippen LogP contribution is -2.29. The Morgan fingerprint density at radius 3 is 2.76 bits per heavy atom. The molecule has 3 N–H and O–H groups in total. The molecule has 1 aliphatic rings. The lowest BCUT2D eigenvalue weighted by molar-refractivity contribution is 0.00758. The van der Waals surface area contributed by atoms with Gasteiger partial charge in [-0.3, -0.25) is 5.10 Å². The Morgan fingerprint density at radius 2 is 2.18 bits per heavy atom. The topological polar surface area (TPSA) is 93.9 Å². The third kappa shape index (κ3) is 2.75. The number of esters is 1. The molecule has 6 nitrogen and oxygen atoms in total. The van der Waals surface area contributed by atoms with E-state index in [-0.39, 0.29) is 17.9 Å². The first-order valence-electron chi connectivity index (χ1n) is 5.95. The van der Waals surface area contributed by atoms with Gasteiger partial charge in [-0.25, -0.2) is 4.79 Å². The molecule has 1 heterocycles. The maximum absolute atomic E-state index is 11.7. The summed E-state index contributed by atoms with van der Waals surface area (Å²) in [5.74, 6) is 0.949. The van der Waals surface area contributed by atoms with Gasteiger partial charge >= 0.3 is 5.97 Å². The molecule has 6 heteroatoms. The first-order valence-corrected chi connectivity index (χ1v) is 5.95. The van der Waals surface area contributed by atoms with Crippen LogP contribution in [0.5, 0.6) is 0 Å². The number of aromatic amines is 1. The van der Waals surface area contributed by atoms with E-state index < -0.39 is 5.97 Å². The number of carbonyl (C=O) groups excluding carboxylic acids is 1. The molecule has 0 aliphatic heterocycles. The quantitative estimate of drug-likeness (QED) is 0.759. The van der Waals surface area contributed by atoms with Gasteiger partial charge in [0, 0.05) is 0 Å². The van der Waals surface area contributed by atoms with Crippen molar-refractivity contribution in [2.45, 2.75) is 39.2 Å². The molecule has 1 aromatic rings. The molecule has 94 valence electrons. The highest BCUT2D eigenvalue weighted by Gasteiger charge is 2.28. The molecule has 0 spiro atoms. The Balaban J connectivity index is 1.91. The molecule has 1 aliphatic carbocycles. The van der Waals surface area contributed by atoms with Crippen molar-refractivity contribution in [3.8, 4) is 0 Å². The summed E-state index contributed by atoms with van der Waals surface area (Å²) in [4.78, 5) is 15.4. The highest BCUT2D eigenvalue weighted by molar-refractivity contribution is 5.85. The summed E-state index contributed by atoms with van der Waals surface area (Å²) in [6, 6.07) is 0. The van der Waals surface area contributed by atoms with Crippen molar-refractivity contribution < 1.29 is 9.53 Å². The first-order chi connectivity index (χ1) is 8.06. The molecule has 0 bridgehead atoms. The first kappa shape index (κ1) is 11.9. The van der Waals surface area contributed by atoms with E-state index in [1.165, 1.54) is 0 Å². The summed E-state index contributed by atoms with van der Waals surface area (Å²) in [5, 5.41) is 6.05. The number of aromatic nitrogens is 3. The van der Waals surface area contributed by atoms with Crippen molar-refractivity contribution in [1.82, 2.24) is 15.2 Å². The zero-order valence-electron chi connectivity index (χ0n) is 10.1. The Bertz CT molecular complexity index is 404. The Labute approximate surface area is 99.9 Å². The van der Waals surface area contributed by atoms with Gasteiger partial charge in [-0.2, -0.15) is 4.98 Å². The molecular weight excluding hydrogens is 220 g/mol. The molecule has 1 fully saturated rings. The number of rotatable bonds is 2. The second-order valence-electron chi connectivity index (χ2n) is 4.84. The molecule has 0 amide bonds. The van der Waals surface area contributed by atoms with Crippen molar-refractivity contribution in [2.24, 2.45) is 11.8 Å². The van der Waals surface area contributed by atoms with Crippen molar-refractivity contribution in [2.75, 3.05) is 5.73 Å². The summed E-state index contributed by atoms with van der Waals surface area (Å²) in [5.41, 5.74) is 5.33. The predicted octanol–water partition coefficient (Wildman–Crippen LogP) is 1.37. The van der Waals surface area contributed by atoms with Gasteiger partial charge in [0.25, 0.3) is 0 Å². The number of ether oxygens (including phenoxy) is 1. The van der Waals surface area contributed by atoms with E-state index in [2.05, 4.69) is 29.0 Å². The number of carbonyl (C=O) groups is 1. The minimum Gasteiger partial charge on any atom is -0.456 e. The Hall–Kier alpha value is -1.59. The smallest absolute Gasteiger partial charge is 0.376 e. The average Bonchev–Trinajstić information content (AvgIpc) is 2.70. The van der Waals surface area contributed by atoms with E-state index in [1.807, 2.05) is 0 Å². The van der Waals surface area contributed by atoms with Crippen LogP contribution in [-0.4, -0.2) is 27.3 Å². The minimum absolute atomic E-state index is 0.0139. The molecule has 0 saturated heterocycles. The maximum atomic E-state index is 11.7. The van der Waals surface area contributed by atoms with Crippen molar-refractivity contribution in [3.05, 3.63) is 5.82 Å². The zero-order valence-corrected chi connectivity index (χ0v) is 10.1. The summed E-state index contributed by atoms with van der Waals surface area (Å²) >= 11 is 0. The fraction of sp³-hybridized carbons (Fsp3) is 0.727. The summed E-state index contributed by atoms with van der Waals surface area (Å²) in [6.07, 6.45) is 2.91. The second kappa shape index (κ2) is 4.73. The van der Waals surface area contributed by atoms with E-state index in [0.717, 1.165) is 19.3 Å². The number of nitrogens with one attached hydrogen (secondary N) is 1. The maximum Gasteiger partial charge on any atom is 0.376 e. The number of hydrogen-bond acceptors (Lipinski definition) is 5. The molecule has 17 heavy (non-hydrogen) atoms. The van der Waals surface area contributed by atoms with Crippen molar-refractivity contribution in [1.29, 1.82) is 0 Å². The number of nitrogen functional groups attached to an aromatic ring is 1. The van der Waals surface area contributed by atoms with Crippen LogP contribution in [0, 0.1) is 11.8 Å². The average molecular weight is 238 g/mol. The van der Waals surface area contributed by atoms with Gasteiger partial charge in [0.15, 0.2) is 0 Å². The zero-order chi connectivity index (χ0) is 12.4. The summed E-state index contributed by atoms with van der Waals surface area (Å²) in [7, 11) is 0. The summed E-state index contributed by atoms with van der Waals surface area (Å²) < 4.78 is 5.38. The number of nitrogens with two attached hydrogens (primary N) is 1. The number of nitrogens with zero attached hydrogens (tertiary/aromatic N) is 2. The predicted molar refractivity (Wildman–Crippen MR) is 62.2 cm³/mol. The van der Waals surface area contributed by atoms with E-state index in [9.17, 15) is 4.79 Å². The Kier molecular flexibility index (Phi) is 3.31. The molecule has 3 unspecified atom stereocenters. The van der Waals surface area contributed by atoms with Gasteiger partial charge in [0.1, 0.15) is 6.10 Å². The highest BCUT2D eigenvalue weighted by atomic mass is 16.5. The molecule has 1 aromatic heterocycles. The third-order valence-corrected chi connectivity index (χ3v) is 3.52. The highest BCUT2D eigenvalue weighted by Crippen LogP contribution is 2.31. The van der Waals surface area contributed by atoms with Gasteiger partial charge in [-0.05, 0) is 31.1 Å². The van der Waals surface area contributed by atoms with E-state index in [1.54, 1.807) is 0 Å². The van der Waals surface area contributed by atoms with Crippen LogP contribution >= 0.6 is 0 Å². The van der Waals surface area contributed by atoms with Crippen LogP contribution in [0.2, 0.25) is 0 Å². The van der Waals surface area contributed by atoms with Crippen molar-refractivity contribution >= 4 is 11.9 Å². The molecule has 0 aromatic carbocycles. The molecular formula is C11H18N4O2. The van der Waals surface area contributed by atoms with Gasteiger partial charge in [-0.1, -0.05) is 13.8 Å². The molecule has 3 atom stereocenters. The van der Waals surface area contributed by atoms with E-state index in [4.69, 9.17) is 10.5 Å². The van der Waals surface area contributed by atoms with Crippen LogP contribution in [0.4, 0.5) is 5.95 Å². The lowest BCUT2D eigenvalue weighted by Gasteiger charge is -2.31. The van der Waals surface area contributed by atoms with Gasteiger partial charge in [0.05, 0.1) is 0 Å². The normalized spacial score (nSPS) is 28.9. The fourth-order valence-corrected chi connectivity index (χ4v) is 2.18. The van der Waals surface area contributed by atoms with Crippen LogP contribution in [0.3, 0.4) is 0 Å². The molecule has 1 saturated carbocycles. The fourth-order valence-electron chi connectivity index (χ4n) is 2.18. The van der Waals surface area contributed by atoms with Crippen LogP contribution in [0.25, 0.3) is 0 Å². The minimum atomic E-state index is -0.471. The second-order valence-corrected chi connectivity index (χ2v) is 4.84. The van der Waals surface area contributed by atoms with Gasteiger partial charge in [0.2, 0.25) is 11.8 Å². The Morgan fingerprint density at radius 1 is 1.41 bits per heavy atom. The van der Waals surface area contributed by atoms with Crippen LogP contribution in [0.15, 0.2) is 0 Å². The van der Waals surface area contributed by atoms with Crippen molar-refractivity contribution in [3.63, 3.8) is 0 Å². The van der Waals surface area contributed by atoms with E-state index in [0.29, 0.717) is 11.8 Å². The largest absolute Gasteiger partial charge is 0.456 e. The SMILES string of the molecule is CC1CCC(OC(=O)c2nc(N)n[nH]2)CC1C. The van der Waals surface area contributed by atoms with Gasteiger partial charge in [-0.15, -0.1) is 5.10 Å². The van der Waals surface area contributed by atoms with E-state index >= 15 is 0 Å². The number of H-pyrrole nitrogens is 1. The number of anilines is 1. The molecule has 2 rings (SSSR count). The summed E-state index contributed by atoms with van der Waals surface area (Å²) in [6.45, 7) is 4.43. The number of hydrogen-bond donors (Lipinski definition) is 2. The molecule has 0 radical (unpaired) electrons. The standard InChI is InChI=1S/C11H18N4O2/c1-6-3-4-8(5-7(6)2)17-10(16)9-13-11(12)15-14-9/h6-8H,3-5H2,1-2H3,(H3,12,13,14,15). The lowest BCUT2D eigenvalue weighted by atomic mass is 9.80. The van der Waals surface area contributed by atoms with Crippen LogP contribution in [0.1, 0.15) is 43.7 Å². The van der Waals surface area contributed by atoms with Crippen LogP contribution < -0.4 is 5.73 Å². The van der Waals surface area contributed by atoms with Crippen LogP contribution in [-0.2, 0) is 4.74 Å². The monoisotopic (exact) mass is 238 g/mol.